The Hall–Kier alpha value is -2.63. The van der Waals surface area contributed by atoms with Crippen molar-refractivity contribution in [2.45, 2.75) is 39.8 Å². The molecule has 6 nitrogen and oxygen atoms in total. The van der Waals surface area contributed by atoms with Crippen LogP contribution in [-0.4, -0.2) is 25.7 Å². The maximum Gasteiger partial charge on any atom is 0.272 e. The lowest BCUT2D eigenvalue weighted by Crippen LogP contribution is -2.29. The Labute approximate surface area is 134 Å². The smallest absolute Gasteiger partial charge is 0.272 e. The van der Waals surface area contributed by atoms with Crippen molar-refractivity contribution >= 4 is 16.9 Å². The van der Waals surface area contributed by atoms with Gasteiger partial charge in [-0.15, -0.1) is 0 Å². The SMILES string of the molecule is CCC(NC(=O)c1ccn(CC)n1)c1nc2ccc(C)cc2[nH]1. The van der Waals surface area contributed by atoms with Crippen molar-refractivity contribution in [1.82, 2.24) is 25.1 Å². The second kappa shape index (κ2) is 6.24. The van der Waals surface area contributed by atoms with Crippen LogP contribution in [0.15, 0.2) is 30.5 Å². The van der Waals surface area contributed by atoms with Gasteiger partial charge >= 0.3 is 0 Å². The summed E-state index contributed by atoms with van der Waals surface area (Å²) in [6.45, 7) is 6.80. The van der Waals surface area contributed by atoms with E-state index in [1.165, 1.54) is 5.56 Å². The largest absolute Gasteiger partial charge is 0.341 e. The van der Waals surface area contributed by atoms with Gasteiger partial charge in [-0.2, -0.15) is 5.10 Å². The molecule has 3 rings (SSSR count). The number of imidazole rings is 1. The number of aromatic nitrogens is 4. The summed E-state index contributed by atoms with van der Waals surface area (Å²) in [6.07, 6.45) is 2.55. The van der Waals surface area contributed by atoms with Crippen LogP contribution < -0.4 is 5.32 Å². The molecule has 6 heteroatoms. The van der Waals surface area contributed by atoms with Crippen molar-refractivity contribution in [1.29, 1.82) is 0 Å². The van der Waals surface area contributed by atoms with Gasteiger partial charge in [0.05, 0.1) is 17.1 Å². The molecule has 0 aliphatic heterocycles. The van der Waals surface area contributed by atoms with Crippen LogP contribution >= 0.6 is 0 Å². The topological polar surface area (TPSA) is 75.6 Å². The number of nitrogens with zero attached hydrogens (tertiary/aromatic N) is 3. The molecule has 0 saturated carbocycles. The number of hydrogen-bond acceptors (Lipinski definition) is 3. The molecule has 0 spiro atoms. The van der Waals surface area contributed by atoms with Crippen LogP contribution in [0.1, 0.15) is 48.2 Å². The Balaban J connectivity index is 1.81. The highest BCUT2D eigenvalue weighted by Gasteiger charge is 2.19. The minimum atomic E-state index is -0.180. The Morgan fingerprint density at radius 3 is 2.87 bits per heavy atom. The van der Waals surface area contributed by atoms with Crippen molar-refractivity contribution in [3.8, 4) is 0 Å². The van der Waals surface area contributed by atoms with E-state index in [4.69, 9.17) is 0 Å². The summed E-state index contributed by atoms with van der Waals surface area (Å²) in [5.41, 5.74) is 3.50. The summed E-state index contributed by atoms with van der Waals surface area (Å²) in [5, 5.41) is 7.24. The molecule has 120 valence electrons. The van der Waals surface area contributed by atoms with E-state index < -0.39 is 0 Å². The molecule has 0 saturated heterocycles. The highest BCUT2D eigenvalue weighted by molar-refractivity contribution is 5.92. The summed E-state index contributed by atoms with van der Waals surface area (Å²) in [7, 11) is 0. The number of aromatic amines is 1. The molecule has 0 fully saturated rings. The standard InChI is InChI=1S/C17H21N5O/c1-4-12(20-17(23)14-8-9-22(5-2)21-14)16-18-13-7-6-11(3)10-15(13)19-16/h6-10,12H,4-5H2,1-3H3,(H,18,19)(H,20,23). The highest BCUT2D eigenvalue weighted by atomic mass is 16.2. The number of carbonyl (C=O) groups is 1. The zero-order valence-electron chi connectivity index (χ0n) is 13.6. The molecule has 0 aliphatic rings. The van der Waals surface area contributed by atoms with Crippen molar-refractivity contribution < 1.29 is 4.79 Å². The van der Waals surface area contributed by atoms with Crippen LogP contribution in [0.25, 0.3) is 11.0 Å². The zero-order chi connectivity index (χ0) is 16.4. The molecule has 1 unspecified atom stereocenters. The first-order chi connectivity index (χ1) is 11.1. The van der Waals surface area contributed by atoms with Crippen LogP contribution in [0.3, 0.4) is 0 Å². The van der Waals surface area contributed by atoms with Crippen LogP contribution in [0.4, 0.5) is 0 Å². The summed E-state index contributed by atoms with van der Waals surface area (Å²) in [4.78, 5) is 20.3. The van der Waals surface area contributed by atoms with Gasteiger partial charge in [0.1, 0.15) is 11.5 Å². The Morgan fingerprint density at radius 2 is 2.17 bits per heavy atom. The van der Waals surface area contributed by atoms with E-state index in [9.17, 15) is 4.79 Å². The molecule has 2 heterocycles. The lowest BCUT2D eigenvalue weighted by atomic mass is 10.2. The second-order valence-corrected chi connectivity index (χ2v) is 5.63. The normalized spacial score (nSPS) is 12.5. The first kappa shape index (κ1) is 15.3. The molecule has 0 aliphatic carbocycles. The number of aryl methyl sites for hydroxylation is 2. The second-order valence-electron chi connectivity index (χ2n) is 5.63. The molecule has 1 amide bonds. The van der Waals surface area contributed by atoms with Crippen LogP contribution in [0.5, 0.6) is 0 Å². The van der Waals surface area contributed by atoms with E-state index in [1.807, 2.05) is 32.9 Å². The van der Waals surface area contributed by atoms with E-state index >= 15 is 0 Å². The third kappa shape index (κ3) is 3.11. The number of carbonyl (C=O) groups excluding carboxylic acids is 1. The number of rotatable bonds is 5. The highest BCUT2D eigenvalue weighted by Crippen LogP contribution is 2.19. The Bertz CT molecular complexity index is 832. The van der Waals surface area contributed by atoms with Crippen LogP contribution in [-0.2, 0) is 6.54 Å². The minimum Gasteiger partial charge on any atom is -0.341 e. The molecular formula is C17H21N5O. The summed E-state index contributed by atoms with van der Waals surface area (Å²) in [6, 6.07) is 7.64. The predicted octanol–water partition coefficient (Wildman–Crippen LogP) is 2.97. The van der Waals surface area contributed by atoms with Crippen LogP contribution in [0, 0.1) is 6.92 Å². The first-order valence-electron chi connectivity index (χ1n) is 7.91. The van der Waals surface area contributed by atoms with Gasteiger partial charge in [-0.1, -0.05) is 13.0 Å². The zero-order valence-corrected chi connectivity index (χ0v) is 13.6. The molecule has 3 aromatic rings. The Kier molecular flexibility index (Phi) is 4.14. The number of amides is 1. The average Bonchev–Trinajstić information content (AvgIpc) is 3.18. The fourth-order valence-corrected chi connectivity index (χ4v) is 2.56. The fraction of sp³-hybridized carbons (Fsp3) is 0.353. The van der Waals surface area contributed by atoms with Crippen molar-refractivity contribution in [3.63, 3.8) is 0 Å². The maximum absolute atomic E-state index is 12.4. The number of benzene rings is 1. The molecule has 0 radical (unpaired) electrons. The summed E-state index contributed by atoms with van der Waals surface area (Å²) >= 11 is 0. The van der Waals surface area contributed by atoms with E-state index in [1.54, 1.807) is 16.9 Å². The van der Waals surface area contributed by atoms with Gasteiger partial charge in [-0.25, -0.2) is 4.98 Å². The van der Waals surface area contributed by atoms with E-state index in [2.05, 4.69) is 26.4 Å². The Morgan fingerprint density at radius 1 is 1.35 bits per heavy atom. The number of nitrogens with one attached hydrogen (secondary N) is 2. The van der Waals surface area contributed by atoms with Crippen molar-refractivity contribution in [2.24, 2.45) is 0 Å². The van der Waals surface area contributed by atoms with Crippen LogP contribution in [0.2, 0.25) is 0 Å². The summed E-state index contributed by atoms with van der Waals surface area (Å²) in [5.74, 6) is 0.595. The molecule has 1 atom stereocenters. The number of fused-ring (bicyclic) bond motifs is 1. The van der Waals surface area contributed by atoms with Gasteiger partial charge in [0, 0.05) is 12.7 Å². The monoisotopic (exact) mass is 311 g/mol. The van der Waals surface area contributed by atoms with Crippen molar-refractivity contribution in [3.05, 3.63) is 47.5 Å². The van der Waals surface area contributed by atoms with Gasteiger partial charge in [0.25, 0.3) is 5.91 Å². The molecule has 1 aromatic carbocycles. The molecule has 23 heavy (non-hydrogen) atoms. The molecule has 0 bridgehead atoms. The first-order valence-corrected chi connectivity index (χ1v) is 7.91. The lowest BCUT2D eigenvalue weighted by molar-refractivity contribution is 0.0928. The van der Waals surface area contributed by atoms with Crippen molar-refractivity contribution in [2.75, 3.05) is 0 Å². The predicted molar refractivity (Wildman–Crippen MR) is 89.2 cm³/mol. The third-order valence-corrected chi connectivity index (χ3v) is 3.90. The molecule has 2 N–H and O–H groups in total. The molecule has 2 aromatic heterocycles. The van der Waals surface area contributed by atoms with Gasteiger partial charge < -0.3 is 10.3 Å². The number of H-pyrrole nitrogens is 1. The average molecular weight is 311 g/mol. The minimum absolute atomic E-state index is 0.165. The van der Waals surface area contributed by atoms with Gasteiger partial charge in [-0.3, -0.25) is 9.48 Å². The molecular weight excluding hydrogens is 290 g/mol. The third-order valence-electron chi connectivity index (χ3n) is 3.90. The quantitative estimate of drug-likeness (QED) is 0.760. The maximum atomic E-state index is 12.4. The fourth-order valence-electron chi connectivity index (χ4n) is 2.56. The van der Waals surface area contributed by atoms with E-state index in [0.717, 1.165) is 29.8 Å². The number of hydrogen-bond donors (Lipinski definition) is 2. The van der Waals surface area contributed by atoms with E-state index in [-0.39, 0.29) is 11.9 Å². The van der Waals surface area contributed by atoms with E-state index in [0.29, 0.717) is 5.69 Å². The van der Waals surface area contributed by atoms with Gasteiger partial charge in [-0.05, 0) is 44.0 Å². The lowest BCUT2D eigenvalue weighted by Gasteiger charge is -2.13. The van der Waals surface area contributed by atoms with Gasteiger partial charge in [0.15, 0.2) is 0 Å². The van der Waals surface area contributed by atoms with Gasteiger partial charge in [0.2, 0.25) is 0 Å². The summed E-state index contributed by atoms with van der Waals surface area (Å²) < 4.78 is 1.74.